The van der Waals surface area contributed by atoms with Crippen LogP contribution in [0.15, 0.2) is 18.2 Å². The smallest absolute Gasteiger partial charge is 0.131 e. The van der Waals surface area contributed by atoms with Crippen LogP contribution in [0.25, 0.3) is 0 Å². The molecule has 0 unspecified atom stereocenters. The van der Waals surface area contributed by atoms with Crippen LogP contribution in [-0.2, 0) is 4.74 Å². The molecule has 0 amide bonds. The summed E-state index contributed by atoms with van der Waals surface area (Å²) in [5.41, 5.74) is -0.510. The first-order valence-electron chi connectivity index (χ1n) is 6.48. The fourth-order valence-corrected chi connectivity index (χ4v) is 2.91. The summed E-state index contributed by atoms with van der Waals surface area (Å²) in [7, 11) is 1.51. The fraction of sp³-hybridized carbons (Fsp3) is 0.600. The minimum absolute atomic E-state index is 0.0133. The van der Waals surface area contributed by atoms with E-state index >= 15 is 0 Å². The van der Waals surface area contributed by atoms with Crippen molar-refractivity contribution in [2.75, 3.05) is 13.7 Å². The van der Waals surface area contributed by atoms with Crippen LogP contribution in [0, 0.1) is 11.7 Å². The van der Waals surface area contributed by atoms with Crippen molar-refractivity contribution >= 4 is 0 Å². The number of benzene rings is 1. The molecule has 1 aliphatic heterocycles. The highest BCUT2D eigenvalue weighted by Gasteiger charge is 2.44. The van der Waals surface area contributed by atoms with Gasteiger partial charge in [0.15, 0.2) is 0 Å². The van der Waals surface area contributed by atoms with Crippen LogP contribution in [0.1, 0.15) is 32.3 Å². The molecule has 2 rings (SSSR count). The molecule has 1 heterocycles. The standard InChI is InChI=1S/C15H20F2O2/c1-9-12(8-19-14(9)15(2,3)17)11-6-5-10(16)7-13(11)18-4/h5-7,9,12,14H,8H2,1-4H3/t9-,12-,14+/m1/s1. The highest BCUT2D eigenvalue weighted by Crippen LogP contribution is 2.43. The molecule has 0 aromatic heterocycles. The number of rotatable bonds is 3. The lowest BCUT2D eigenvalue weighted by molar-refractivity contribution is -0.0213. The molecule has 0 bridgehead atoms. The van der Waals surface area contributed by atoms with E-state index in [0.717, 1.165) is 5.56 Å². The van der Waals surface area contributed by atoms with E-state index in [1.807, 2.05) is 6.92 Å². The monoisotopic (exact) mass is 270 g/mol. The summed E-state index contributed by atoms with van der Waals surface area (Å²) in [5.74, 6) is 0.197. The predicted octanol–water partition coefficient (Wildman–Crippen LogP) is 3.70. The summed E-state index contributed by atoms with van der Waals surface area (Å²) >= 11 is 0. The van der Waals surface area contributed by atoms with E-state index in [4.69, 9.17) is 9.47 Å². The van der Waals surface area contributed by atoms with Crippen molar-refractivity contribution in [3.8, 4) is 5.75 Å². The van der Waals surface area contributed by atoms with Gasteiger partial charge in [-0.3, -0.25) is 0 Å². The molecule has 3 atom stereocenters. The van der Waals surface area contributed by atoms with E-state index in [-0.39, 0.29) is 17.7 Å². The Morgan fingerprint density at radius 2 is 2.05 bits per heavy atom. The molecule has 2 nitrogen and oxygen atoms in total. The third kappa shape index (κ3) is 2.73. The lowest BCUT2D eigenvalue weighted by Gasteiger charge is -2.27. The van der Waals surface area contributed by atoms with E-state index in [9.17, 15) is 8.78 Å². The molecule has 1 aromatic carbocycles. The molecule has 0 aliphatic carbocycles. The molecule has 0 spiro atoms. The molecule has 106 valence electrons. The summed E-state index contributed by atoms with van der Waals surface area (Å²) in [6, 6.07) is 4.46. The molecule has 19 heavy (non-hydrogen) atoms. The van der Waals surface area contributed by atoms with Gasteiger partial charge < -0.3 is 9.47 Å². The Balaban J connectivity index is 2.29. The predicted molar refractivity (Wildman–Crippen MR) is 69.8 cm³/mol. The van der Waals surface area contributed by atoms with Crippen LogP contribution in [0.2, 0.25) is 0 Å². The highest BCUT2D eigenvalue weighted by molar-refractivity contribution is 5.38. The molecule has 0 radical (unpaired) electrons. The van der Waals surface area contributed by atoms with E-state index in [1.165, 1.54) is 33.1 Å². The number of alkyl halides is 1. The SMILES string of the molecule is COc1cc(F)ccc1[C@@H]1CO[C@H](C(C)(C)F)[C@@H]1C. The van der Waals surface area contributed by atoms with Crippen molar-refractivity contribution in [1.82, 2.24) is 0 Å². The van der Waals surface area contributed by atoms with Crippen molar-refractivity contribution in [2.24, 2.45) is 5.92 Å². The summed E-state index contributed by atoms with van der Waals surface area (Å²) < 4.78 is 38.1. The third-order valence-corrected chi connectivity index (χ3v) is 3.84. The lowest BCUT2D eigenvalue weighted by Crippen LogP contribution is -2.35. The molecule has 1 saturated heterocycles. The minimum atomic E-state index is -1.39. The second kappa shape index (κ2) is 5.08. The summed E-state index contributed by atoms with van der Waals surface area (Å²) in [6.45, 7) is 5.45. The van der Waals surface area contributed by atoms with Gasteiger partial charge in [-0.2, -0.15) is 0 Å². The van der Waals surface area contributed by atoms with Gasteiger partial charge in [0.2, 0.25) is 0 Å². The molecular weight excluding hydrogens is 250 g/mol. The quantitative estimate of drug-likeness (QED) is 0.833. The van der Waals surface area contributed by atoms with Crippen LogP contribution in [-0.4, -0.2) is 25.5 Å². The zero-order valence-electron chi connectivity index (χ0n) is 11.7. The number of ether oxygens (including phenoxy) is 2. The van der Waals surface area contributed by atoms with E-state index in [1.54, 1.807) is 6.07 Å². The Kier molecular flexibility index (Phi) is 3.81. The molecule has 1 fully saturated rings. The molecule has 0 N–H and O–H groups in total. The Labute approximate surface area is 112 Å². The average Bonchev–Trinajstić information content (AvgIpc) is 2.70. The maximum atomic E-state index is 14.1. The number of methoxy groups -OCH3 is 1. The first kappa shape index (κ1) is 14.3. The Hall–Kier alpha value is -1.16. The maximum Gasteiger partial charge on any atom is 0.131 e. The maximum absolute atomic E-state index is 14.1. The summed E-state index contributed by atoms with van der Waals surface area (Å²) in [5, 5.41) is 0. The van der Waals surface area contributed by atoms with Crippen LogP contribution in [0.3, 0.4) is 0 Å². The highest BCUT2D eigenvalue weighted by atomic mass is 19.1. The summed E-state index contributed by atoms with van der Waals surface area (Å²) in [6.07, 6.45) is -0.452. The molecule has 0 saturated carbocycles. The Morgan fingerprint density at radius 3 is 2.58 bits per heavy atom. The van der Waals surface area contributed by atoms with Gasteiger partial charge in [-0.1, -0.05) is 13.0 Å². The number of hydrogen-bond acceptors (Lipinski definition) is 2. The first-order valence-corrected chi connectivity index (χ1v) is 6.48. The van der Waals surface area contributed by atoms with Gasteiger partial charge in [-0.05, 0) is 25.8 Å². The van der Waals surface area contributed by atoms with Gasteiger partial charge in [0.05, 0.1) is 19.8 Å². The van der Waals surface area contributed by atoms with E-state index in [0.29, 0.717) is 12.4 Å². The van der Waals surface area contributed by atoms with Gasteiger partial charge in [0.1, 0.15) is 17.2 Å². The lowest BCUT2D eigenvalue weighted by atomic mass is 9.82. The van der Waals surface area contributed by atoms with Crippen molar-refractivity contribution in [3.05, 3.63) is 29.6 Å². The van der Waals surface area contributed by atoms with Gasteiger partial charge in [-0.15, -0.1) is 0 Å². The fourth-order valence-electron chi connectivity index (χ4n) is 2.91. The number of halogens is 2. The normalized spacial score (nSPS) is 27.6. The zero-order chi connectivity index (χ0) is 14.2. The average molecular weight is 270 g/mol. The van der Waals surface area contributed by atoms with Crippen molar-refractivity contribution in [3.63, 3.8) is 0 Å². The second-order valence-electron chi connectivity index (χ2n) is 5.67. The van der Waals surface area contributed by atoms with Crippen LogP contribution in [0.5, 0.6) is 5.75 Å². The van der Waals surface area contributed by atoms with Crippen LogP contribution < -0.4 is 4.74 Å². The molecule has 1 aromatic rings. The summed E-state index contributed by atoms with van der Waals surface area (Å²) in [4.78, 5) is 0. The number of hydrogen-bond donors (Lipinski definition) is 0. The van der Waals surface area contributed by atoms with E-state index < -0.39 is 11.8 Å². The molecule has 4 heteroatoms. The molecule has 1 aliphatic rings. The topological polar surface area (TPSA) is 18.5 Å². The van der Waals surface area contributed by atoms with Crippen LogP contribution >= 0.6 is 0 Å². The van der Waals surface area contributed by atoms with Crippen LogP contribution in [0.4, 0.5) is 8.78 Å². The van der Waals surface area contributed by atoms with Gasteiger partial charge in [0.25, 0.3) is 0 Å². The second-order valence-corrected chi connectivity index (χ2v) is 5.67. The van der Waals surface area contributed by atoms with Crippen molar-refractivity contribution in [1.29, 1.82) is 0 Å². The first-order chi connectivity index (χ1) is 8.84. The Morgan fingerprint density at radius 1 is 1.37 bits per heavy atom. The van der Waals surface area contributed by atoms with Gasteiger partial charge >= 0.3 is 0 Å². The molecular formula is C15H20F2O2. The van der Waals surface area contributed by atoms with Gasteiger partial charge in [0, 0.05) is 17.5 Å². The third-order valence-electron chi connectivity index (χ3n) is 3.84. The van der Waals surface area contributed by atoms with Crippen molar-refractivity contribution < 1.29 is 18.3 Å². The Bertz CT molecular complexity index is 454. The largest absolute Gasteiger partial charge is 0.496 e. The van der Waals surface area contributed by atoms with Crippen molar-refractivity contribution in [2.45, 2.75) is 38.5 Å². The zero-order valence-corrected chi connectivity index (χ0v) is 11.7. The van der Waals surface area contributed by atoms with E-state index in [2.05, 4.69) is 0 Å². The minimum Gasteiger partial charge on any atom is -0.496 e. The van der Waals surface area contributed by atoms with Gasteiger partial charge in [-0.25, -0.2) is 8.78 Å².